The van der Waals surface area contributed by atoms with Gasteiger partial charge in [0, 0.05) is 25.2 Å². The van der Waals surface area contributed by atoms with Crippen molar-refractivity contribution in [1.29, 1.82) is 5.26 Å². The average molecular weight is 519 g/mol. The van der Waals surface area contributed by atoms with Gasteiger partial charge in [-0.05, 0) is 31.9 Å². The van der Waals surface area contributed by atoms with E-state index in [0.29, 0.717) is 52.4 Å². The van der Waals surface area contributed by atoms with Gasteiger partial charge < -0.3 is 20.5 Å². The maximum Gasteiger partial charge on any atom is 0.433 e. The number of rotatable bonds is 7. The Morgan fingerprint density at radius 1 is 1.38 bits per heavy atom. The standard InChI is InChI=1S/C21H22ClF3N4O4S/c1-11-15(3-2-12(8-26)16(11)22)33-14-4-6-28(7-5-14)9-13(30)10-29-18(21(23,24)25)17(19(27)31)34-20(29)32/h2-3,13-14,30H,4-7,9-10H2,1H3,(H2,27,31)/t13-/m1/s1. The Balaban J connectivity index is 1.60. The summed E-state index contributed by atoms with van der Waals surface area (Å²) in [4.78, 5) is 23.4. The van der Waals surface area contributed by atoms with Crippen molar-refractivity contribution in [3.05, 3.63) is 48.5 Å². The first kappa shape index (κ1) is 26.0. The van der Waals surface area contributed by atoms with Crippen molar-refractivity contribution in [2.24, 2.45) is 5.73 Å². The molecule has 1 atom stereocenters. The number of likely N-dealkylation sites (tertiary alicyclic amines) is 1. The van der Waals surface area contributed by atoms with Crippen LogP contribution in [0.1, 0.15) is 39.3 Å². The zero-order chi connectivity index (χ0) is 25.2. The van der Waals surface area contributed by atoms with Crippen LogP contribution >= 0.6 is 22.9 Å². The number of nitrogens with two attached hydrogens (primary N) is 1. The first-order valence-electron chi connectivity index (χ1n) is 10.3. The van der Waals surface area contributed by atoms with Crippen LogP contribution in [0.15, 0.2) is 16.9 Å². The van der Waals surface area contributed by atoms with Gasteiger partial charge in [-0.3, -0.25) is 14.2 Å². The molecule has 0 bridgehead atoms. The fourth-order valence-corrected chi connectivity index (χ4v) is 4.93. The number of halogens is 4. The number of ether oxygens (including phenoxy) is 1. The summed E-state index contributed by atoms with van der Waals surface area (Å²) in [6.45, 7) is 2.22. The zero-order valence-electron chi connectivity index (χ0n) is 18.1. The van der Waals surface area contributed by atoms with Gasteiger partial charge in [-0.25, -0.2) is 0 Å². The molecule has 34 heavy (non-hydrogen) atoms. The van der Waals surface area contributed by atoms with E-state index in [4.69, 9.17) is 27.3 Å². The van der Waals surface area contributed by atoms with E-state index >= 15 is 0 Å². The van der Waals surface area contributed by atoms with Crippen LogP contribution in [0.4, 0.5) is 13.2 Å². The molecule has 13 heteroatoms. The zero-order valence-corrected chi connectivity index (χ0v) is 19.6. The molecule has 2 heterocycles. The van der Waals surface area contributed by atoms with Crippen LogP contribution in [0.5, 0.6) is 5.75 Å². The van der Waals surface area contributed by atoms with Gasteiger partial charge in [-0.2, -0.15) is 18.4 Å². The molecule has 1 aromatic carbocycles. The molecule has 0 saturated carbocycles. The van der Waals surface area contributed by atoms with Gasteiger partial charge >= 0.3 is 11.0 Å². The predicted octanol–water partition coefficient (Wildman–Crippen LogP) is 2.77. The number of carbonyl (C=O) groups excluding carboxylic acids is 1. The Labute approximate surface area is 201 Å². The Bertz CT molecular complexity index is 1170. The minimum absolute atomic E-state index is 0.0416. The fourth-order valence-electron chi connectivity index (χ4n) is 3.86. The van der Waals surface area contributed by atoms with Crippen LogP contribution in [-0.4, -0.2) is 52.3 Å². The Kier molecular flexibility index (Phi) is 7.92. The lowest BCUT2D eigenvalue weighted by molar-refractivity contribution is -0.144. The number of piperidine rings is 1. The van der Waals surface area contributed by atoms with Crippen molar-refractivity contribution in [1.82, 2.24) is 9.47 Å². The molecule has 0 radical (unpaired) electrons. The molecule has 0 unspecified atom stereocenters. The van der Waals surface area contributed by atoms with E-state index in [0.717, 1.165) is 0 Å². The highest BCUT2D eigenvalue weighted by molar-refractivity contribution is 7.11. The number of carbonyl (C=O) groups is 1. The smallest absolute Gasteiger partial charge is 0.433 e. The average Bonchev–Trinajstić information content (AvgIpc) is 3.09. The summed E-state index contributed by atoms with van der Waals surface area (Å²) in [7, 11) is 0. The minimum atomic E-state index is -4.97. The number of thiazole rings is 1. The molecule has 1 fully saturated rings. The lowest BCUT2D eigenvalue weighted by Crippen LogP contribution is -2.43. The largest absolute Gasteiger partial charge is 0.490 e. The SMILES string of the molecule is Cc1c(OC2CCN(C[C@@H](O)Cn3c(C(F)(F)F)c(C(N)=O)sc3=O)CC2)ccc(C#N)c1Cl. The van der Waals surface area contributed by atoms with Crippen LogP contribution in [0.2, 0.25) is 5.02 Å². The van der Waals surface area contributed by atoms with Gasteiger partial charge in [-0.1, -0.05) is 22.9 Å². The Hall–Kier alpha value is -2.59. The highest BCUT2D eigenvalue weighted by atomic mass is 35.5. The fraction of sp³-hybridized carbons (Fsp3) is 0.476. The van der Waals surface area contributed by atoms with Gasteiger partial charge in [-0.15, -0.1) is 0 Å². The van der Waals surface area contributed by atoms with Crippen molar-refractivity contribution >= 4 is 28.8 Å². The number of hydrogen-bond donors (Lipinski definition) is 2. The molecule has 0 spiro atoms. The topological polar surface area (TPSA) is 122 Å². The number of benzene rings is 1. The Morgan fingerprint density at radius 3 is 2.59 bits per heavy atom. The molecule has 1 amide bonds. The maximum atomic E-state index is 13.4. The molecular weight excluding hydrogens is 497 g/mol. The van der Waals surface area contributed by atoms with E-state index in [1.54, 1.807) is 19.1 Å². The van der Waals surface area contributed by atoms with Gasteiger partial charge in [0.05, 0.1) is 23.2 Å². The van der Waals surface area contributed by atoms with E-state index < -0.39 is 40.2 Å². The molecule has 8 nitrogen and oxygen atoms in total. The third kappa shape index (κ3) is 5.72. The highest BCUT2D eigenvalue weighted by Gasteiger charge is 2.41. The number of aliphatic hydroxyl groups excluding tert-OH is 1. The number of aliphatic hydroxyl groups is 1. The van der Waals surface area contributed by atoms with Crippen molar-refractivity contribution in [2.45, 2.75) is 44.7 Å². The van der Waals surface area contributed by atoms with Crippen molar-refractivity contribution in [3.63, 3.8) is 0 Å². The summed E-state index contributed by atoms with van der Waals surface area (Å²) in [5.41, 5.74) is 4.58. The second kappa shape index (κ2) is 10.4. The molecule has 184 valence electrons. The number of nitrogens with zero attached hydrogens (tertiary/aromatic N) is 3. The summed E-state index contributed by atoms with van der Waals surface area (Å²) in [6.07, 6.45) is -5.17. The van der Waals surface area contributed by atoms with Crippen molar-refractivity contribution in [3.8, 4) is 11.8 Å². The summed E-state index contributed by atoms with van der Waals surface area (Å²) < 4.78 is 46.6. The lowest BCUT2D eigenvalue weighted by Gasteiger charge is -2.33. The second-order valence-electron chi connectivity index (χ2n) is 7.95. The van der Waals surface area contributed by atoms with Gasteiger partial charge in [0.25, 0.3) is 5.91 Å². The molecule has 1 aliphatic heterocycles. The summed E-state index contributed by atoms with van der Waals surface area (Å²) in [6, 6.07) is 5.28. The van der Waals surface area contributed by atoms with Crippen molar-refractivity contribution < 1.29 is 27.8 Å². The molecule has 0 aliphatic carbocycles. The summed E-state index contributed by atoms with van der Waals surface area (Å²) in [5.74, 6) is -0.771. The molecule has 1 saturated heterocycles. The van der Waals surface area contributed by atoms with Crippen LogP contribution in [0.3, 0.4) is 0 Å². The first-order chi connectivity index (χ1) is 15.9. The summed E-state index contributed by atoms with van der Waals surface area (Å²) in [5, 5.41) is 19.8. The number of aromatic nitrogens is 1. The van der Waals surface area contributed by atoms with E-state index in [1.165, 1.54) is 0 Å². The first-order valence-corrected chi connectivity index (χ1v) is 11.5. The van der Waals surface area contributed by atoms with Gasteiger partial charge in [0.1, 0.15) is 28.5 Å². The molecule has 1 aliphatic rings. The number of β-amino-alcohol motifs (C(OH)–C–C–N with tert-alkyl or cyclic N) is 1. The number of nitriles is 1. The van der Waals surface area contributed by atoms with E-state index in [1.807, 2.05) is 11.0 Å². The lowest BCUT2D eigenvalue weighted by atomic mass is 10.1. The third-order valence-electron chi connectivity index (χ3n) is 5.53. The van der Waals surface area contributed by atoms with Crippen molar-refractivity contribution in [2.75, 3.05) is 19.6 Å². The maximum absolute atomic E-state index is 13.4. The van der Waals surface area contributed by atoms with Crippen LogP contribution in [0, 0.1) is 18.3 Å². The van der Waals surface area contributed by atoms with Crippen LogP contribution in [-0.2, 0) is 12.7 Å². The predicted molar refractivity (Wildman–Crippen MR) is 119 cm³/mol. The minimum Gasteiger partial charge on any atom is -0.490 e. The molecule has 3 rings (SSSR count). The monoisotopic (exact) mass is 518 g/mol. The van der Waals surface area contributed by atoms with Crippen LogP contribution < -0.4 is 15.3 Å². The number of alkyl halides is 3. The quantitative estimate of drug-likeness (QED) is 0.581. The number of hydrogen-bond acceptors (Lipinski definition) is 7. The summed E-state index contributed by atoms with van der Waals surface area (Å²) >= 11 is 6.29. The van der Waals surface area contributed by atoms with E-state index in [-0.39, 0.29) is 24.0 Å². The van der Waals surface area contributed by atoms with E-state index in [9.17, 15) is 27.9 Å². The molecular formula is C21H22ClF3N4O4S. The molecule has 2 aromatic rings. The van der Waals surface area contributed by atoms with Gasteiger partial charge in [0.2, 0.25) is 0 Å². The second-order valence-corrected chi connectivity index (χ2v) is 9.29. The van der Waals surface area contributed by atoms with Crippen LogP contribution in [0.25, 0.3) is 0 Å². The molecule has 3 N–H and O–H groups in total. The third-order valence-corrected chi connectivity index (χ3v) is 7.02. The normalized spacial score (nSPS) is 16.3. The van der Waals surface area contributed by atoms with Gasteiger partial charge in [0.15, 0.2) is 0 Å². The van der Waals surface area contributed by atoms with E-state index in [2.05, 4.69) is 0 Å². The highest BCUT2D eigenvalue weighted by Crippen LogP contribution is 2.33. The molecule has 1 aromatic heterocycles. The number of amides is 1. The number of primary amides is 1. The Morgan fingerprint density at radius 2 is 2.03 bits per heavy atom.